The molecule has 0 aliphatic rings. The average molecular weight is 210 g/mol. The second-order valence-corrected chi connectivity index (χ2v) is 3.53. The van der Waals surface area contributed by atoms with E-state index in [0.717, 1.165) is 10.8 Å². The molecule has 78 valence electrons. The molecule has 0 fully saturated rings. The Morgan fingerprint density at radius 3 is 2.56 bits per heavy atom. The van der Waals surface area contributed by atoms with Gasteiger partial charge in [-0.2, -0.15) is 5.26 Å². The van der Waals surface area contributed by atoms with E-state index in [0.29, 0.717) is 5.56 Å². The number of nitrogens with two attached hydrogens (primary N) is 1. The van der Waals surface area contributed by atoms with Crippen LogP contribution in [0.1, 0.15) is 11.5 Å². The van der Waals surface area contributed by atoms with Gasteiger partial charge in [0.25, 0.3) is 0 Å². The summed E-state index contributed by atoms with van der Waals surface area (Å²) in [5, 5.41) is 10.9. The molecule has 2 N–H and O–H groups in total. The van der Waals surface area contributed by atoms with Gasteiger partial charge in [0.05, 0.1) is 6.07 Å². The Labute approximate surface area is 93.1 Å². The summed E-state index contributed by atoms with van der Waals surface area (Å²) < 4.78 is 0. The maximum atomic E-state index is 11.2. The number of carbonyl (C=O) groups excluding carboxylic acids is 1. The summed E-state index contributed by atoms with van der Waals surface area (Å²) in [5.74, 6) is -1.50. The van der Waals surface area contributed by atoms with Crippen molar-refractivity contribution in [2.75, 3.05) is 0 Å². The number of hydrogen-bond donors (Lipinski definition) is 1. The van der Waals surface area contributed by atoms with Gasteiger partial charge in [-0.15, -0.1) is 0 Å². The standard InChI is InChI=1S/C13H10N2O/c14-8-12(13(15)16)11-7-3-5-9-4-1-2-6-10(9)11/h1-7,12H,(H2,15,16). The third-order valence-electron chi connectivity index (χ3n) is 2.55. The van der Waals surface area contributed by atoms with E-state index in [2.05, 4.69) is 0 Å². The normalized spacial score (nSPS) is 11.9. The summed E-state index contributed by atoms with van der Waals surface area (Å²) in [6, 6.07) is 15.1. The fourth-order valence-corrected chi connectivity index (χ4v) is 1.79. The van der Waals surface area contributed by atoms with E-state index in [1.54, 1.807) is 6.07 Å². The number of nitrogens with zero attached hydrogens (tertiary/aromatic N) is 1. The van der Waals surface area contributed by atoms with Crippen molar-refractivity contribution in [3.8, 4) is 6.07 Å². The zero-order valence-electron chi connectivity index (χ0n) is 8.55. The van der Waals surface area contributed by atoms with Crippen molar-refractivity contribution >= 4 is 16.7 Å². The second-order valence-electron chi connectivity index (χ2n) is 3.53. The number of rotatable bonds is 2. The van der Waals surface area contributed by atoms with Gasteiger partial charge in [0.15, 0.2) is 5.92 Å². The minimum Gasteiger partial charge on any atom is -0.368 e. The summed E-state index contributed by atoms with van der Waals surface area (Å²) in [7, 11) is 0. The molecule has 0 saturated heterocycles. The van der Waals surface area contributed by atoms with E-state index >= 15 is 0 Å². The summed E-state index contributed by atoms with van der Waals surface area (Å²) >= 11 is 0. The van der Waals surface area contributed by atoms with Gasteiger partial charge in [-0.25, -0.2) is 0 Å². The Morgan fingerprint density at radius 2 is 1.88 bits per heavy atom. The molecule has 0 aromatic heterocycles. The van der Waals surface area contributed by atoms with Crippen molar-refractivity contribution in [2.24, 2.45) is 5.73 Å². The van der Waals surface area contributed by atoms with Gasteiger partial charge in [0.2, 0.25) is 5.91 Å². The van der Waals surface area contributed by atoms with Gasteiger partial charge >= 0.3 is 0 Å². The largest absolute Gasteiger partial charge is 0.368 e. The van der Waals surface area contributed by atoms with Crippen molar-refractivity contribution in [1.29, 1.82) is 5.26 Å². The van der Waals surface area contributed by atoms with E-state index in [1.807, 2.05) is 42.5 Å². The molecule has 0 radical (unpaired) electrons. The maximum Gasteiger partial charge on any atom is 0.239 e. The summed E-state index contributed by atoms with van der Waals surface area (Å²) in [6.07, 6.45) is 0. The van der Waals surface area contributed by atoms with Crippen LogP contribution in [0.3, 0.4) is 0 Å². The number of benzene rings is 2. The molecule has 3 heteroatoms. The SMILES string of the molecule is N#CC(C(N)=O)c1cccc2ccccc12. The summed E-state index contributed by atoms with van der Waals surface area (Å²) in [5.41, 5.74) is 5.88. The molecule has 16 heavy (non-hydrogen) atoms. The van der Waals surface area contributed by atoms with Crippen LogP contribution in [0.2, 0.25) is 0 Å². The molecule has 1 atom stereocenters. The van der Waals surface area contributed by atoms with Crippen LogP contribution in [0.5, 0.6) is 0 Å². The lowest BCUT2D eigenvalue weighted by atomic mass is 9.94. The summed E-state index contributed by atoms with van der Waals surface area (Å²) in [6.45, 7) is 0. The molecule has 1 amide bonds. The number of primary amides is 1. The third-order valence-corrected chi connectivity index (χ3v) is 2.55. The smallest absolute Gasteiger partial charge is 0.239 e. The van der Waals surface area contributed by atoms with Crippen LogP contribution < -0.4 is 5.73 Å². The van der Waals surface area contributed by atoms with Crippen molar-refractivity contribution in [3.63, 3.8) is 0 Å². The number of amides is 1. The van der Waals surface area contributed by atoms with Gasteiger partial charge in [-0.3, -0.25) is 4.79 Å². The van der Waals surface area contributed by atoms with Crippen LogP contribution in [0.25, 0.3) is 10.8 Å². The molecule has 1 unspecified atom stereocenters. The van der Waals surface area contributed by atoms with Crippen molar-refractivity contribution in [2.45, 2.75) is 5.92 Å². The first-order valence-corrected chi connectivity index (χ1v) is 4.90. The predicted molar refractivity (Wildman–Crippen MR) is 61.5 cm³/mol. The van der Waals surface area contributed by atoms with E-state index < -0.39 is 11.8 Å². The molecule has 3 nitrogen and oxygen atoms in total. The molecule has 0 aliphatic carbocycles. The number of nitriles is 1. The Bertz CT molecular complexity index is 578. The van der Waals surface area contributed by atoms with Crippen molar-refractivity contribution < 1.29 is 4.79 Å². The number of hydrogen-bond acceptors (Lipinski definition) is 2. The van der Waals surface area contributed by atoms with E-state index in [4.69, 9.17) is 11.0 Å². The Kier molecular flexibility index (Phi) is 2.57. The van der Waals surface area contributed by atoms with Gasteiger partial charge in [0, 0.05) is 0 Å². The minimum atomic E-state index is -0.883. The van der Waals surface area contributed by atoms with Gasteiger partial charge in [-0.1, -0.05) is 42.5 Å². The molecule has 0 aliphatic heterocycles. The Morgan fingerprint density at radius 1 is 1.19 bits per heavy atom. The topological polar surface area (TPSA) is 66.9 Å². The van der Waals surface area contributed by atoms with Crippen LogP contribution in [-0.2, 0) is 4.79 Å². The zero-order chi connectivity index (χ0) is 11.5. The fraction of sp³-hybridized carbons (Fsp3) is 0.0769. The highest BCUT2D eigenvalue weighted by atomic mass is 16.1. The molecule has 2 rings (SSSR count). The monoisotopic (exact) mass is 210 g/mol. The van der Waals surface area contributed by atoms with Crippen LogP contribution >= 0.6 is 0 Å². The average Bonchev–Trinajstić information content (AvgIpc) is 2.30. The van der Waals surface area contributed by atoms with Gasteiger partial charge in [0.1, 0.15) is 0 Å². The van der Waals surface area contributed by atoms with E-state index in [9.17, 15) is 4.79 Å². The number of fused-ring (bicyclic) bond motifs is 1. The fourth-order valence-electron chi connectivity index (χ4n) is 1.79. The number of carbonyl (C=O) groups is 1. The first kappa shape index (κ1) is 10.2. The Balaban J connectivity index is 2.69. The maximum absolute atomic E-state index is 11.2. The first-order chi connectivity index (χ1) is 7.74. The quantitative estimate of drug-likeness (QED) is 0.822. The molecule has 0 spiro atoms. The molecule has 0 heterocycles. The van der Waals surface area contributed by atoms with Crippen LogP contribution in [0.15, 0.2) is 42.5 Å². The zero-order valence-corrected chi connectivity index (χ0v) is 8.55. The highest BCUT2D eigenvalue weighted by molar-refractivity contribution is 5.93. The lowest BCUT2D eigenvalue weighted by Crippen LogP contribution is -2.20. The molecular formula is C13H10N2O. The van der Waals surface area contributed by atoms with Crippen molar-refractivity contribution in [3.05, 3.63) is 48.0 Å². The van der Waals surface area contributed by atoms with E-state index in [-0.39, 0.29) is 0 Å². The molecule has 0 bridgehead atoms. The minimum absolute atomic E-state index is 0.612. The highest BCUT2D eigenvalue weighted by Gasteiger charge is 2.18. The lowest BCUT2D eigenvalue weighted by Gasteiger charge is -2.08. The molecular weight excluding hydrogens is 200 g/mol. The van der Waals surface area contributed by atoms with E-state index in [1.165, 1.54) is 0 Å². The molecule has 2 aromatic carbocycles. The predicted octanol–water partition coefficient (Wildman–Crippen LogP) is 1.93. The Hall–Kier alpha value is -2.34. The second kappa shape index (κ2) is 4.03. The first-order valence-electron chi connectivity index (χ1n) is 4.90. The lowest BCUT2D eigenvalue weighted by molar-refractivity contribution is -0.118. The van der Waals surface area contributed by atoms with Crippen LogP contribution in [0, 0.1) is 11.3 Å². The van der Waals surface area contributed by atoms with Gasteiger partial charge in [-0.05, 0) is 16.3 Å². The van der Waals surface area contributed by atoms with Crippen LogP contribution in [-0.4, -0.2) is 5.91 Å². The highest BCUT2D eigenvalue weighted by Crippen LogP contribution is 2.25. The molecule has 2 aromatic rings. The van der Waals surface area contributed by atoms with Gasteiger partial charge < -0.3 is 5.73 Å². The third kappa shape index (κ3) is 1.61. The summed E-state index contributed by atoms with van der Waals surface area (Å²) in [4.78, 5) is 11.2. The molecule has 0 saturated carbocycles. The van der Waals surface area contributed by atoms with Crippen molar-refractivity contribution in [1.82, 2.24) is 0 Å². The van der Waals surface area contributed by atoms with Crippen LogP contribution in [0.4, 0.5) is 0 Å².